The highest BCUT2D eigenvalue weighted by atomic mass is 16.7. The van der Waals surface area contributed by atoms with E-state index in [0.29, 0.717) is 13.0 Å². The molecule has 0 amide bonds. The van der Waals surface area contributed by atoms with Crippen molar-refractivity contribution in [2.24, 2.45) is 0 Å². The quantitative estimate of drug-likeness (QED) is 0.799. The van der Waals surface area contributed by atoms with Crippen molar-refractivity contribution in [1.29, 1.82) is 0 Å². The van der Waals surface area contributed by atoms with Crippen molar-refractivity contribution in [3.8, 4) is 0 Å². The summed E-state index contributed by atoms with van der Waals surface area (Å²) in [5.74, 6) is -0.894. The van der Waals surface area contributed by atoms with E-state index in [1.807, 2.05) is 30.5 Å². The standard InChI is InChI=1S/C9H7N.C4H7NO3/c1-2-6-9-8(4-1)5-3-7-10-9;6-4(7)3-1-2-5-8-3/h1-7H;3,5H,1-2H2,(H,6,7). The van der Waals surface area contributed by atoms with Gasteiger partial charge in [0.25, 0.3) is 0 Å². The number of carboxylic acids is 1. The molecule has 0 spiro atoms. The minimum absolute atomic E-state index is 0.565. The Bertz CT molecular complexity index is 459. The van der Waals surface area contributed by atoms with Crippen molar-refractivity contribution in [2.75, 3.05) is 6.54 Å². The monoisotopic (exact) mass is 246 g/mol. The van der Waals surface area contributed by atoms with Crippen LogP contribution in [0.4, 0.5) is 0 Å². The molecular formula is C13H14N2O3. The number of rotatable bonds is 1. The number of aliphatic carboxylic acids is 1. The van der Waals surface area contributed by atoms with Gasteiger partial charge in [-0.2, -0.15) is 0 Å². The second kappa shape index (κ2) is 6.09. The van der Waals surface area contributed by atoms with Gasteiger partial charge in [0.05, 0.1) is 5.52 Å². The van der Waals surface area contributed by atoms with E-state index in [2.05, 4.69) is 27.4 Å². The first kappa shape index (κ1) is 12.5. The lowest BCUT2D eigenvalue weighted by Gasteiger charge is -1.97. The second-order valence-corrected chi connectivity index (χ2v) is 3.82. The van der Waals surface area contributed by atoms with Gasteiger partial charge in [0, 0.05) is 24.5 Å². The van der Waals surface area contributed by atoms with Gasteiger partial charge in [0.1, 0.15) is 0 Å². The molecule has 1 atom stereocenters. The first-order valence-corrected chi connectivity index (χ1v) is 5.68. The largest absolute Gasteiger partial charge is 0.479 e. The first-order chi connectivity index (χ1) is 8.77. The molecule has 1 aliphatic rings. The average molecular weight is 246 g/mol. The molecule has 1 aromatic carbocycles. The molecule has 2 heterocycles. The van der Waals surface area contributed by atoms with Crippen LogP contribution in [0.2, 0.25) is 0 Å². The zero-order valence-corrected chi connectivity index (χ0v) is 9.74. The van der Waals surface area contributed by atoms with Gasteiger partial charge in [-0.1, -0.05) is 24.3 Å². The Morgan fingerprint density at radius 2 is 2.11 bits per heavy atom. The number of benzene rings is 1. The van der Waals surface area contributed by atoms with Crippen LogP contribution in [-0.2, 0) is 9.63 Å². The molecule has 3 rings (SSSR count). The fourth-order valence-electron chi connectivity index (χ4n) is 1.60. The van der Waals surface area contributed by atoms with Gasteiger partial charge < -0.3 is 5.11 Å². The van der Waals surface area contributed by atoms with E-state index in [0.717, 1.165) is 5.52 Å². The van der Waals surface area contributed by atoms with E-state index >= 15 is 0 Å². The van der Waals surface area contributed by atoms with Crippen molar-refractivity contribution in [1.82, 2.24) is 10.5 Å². The second-order valence-electron chi connectivity index (χ2n) is 3.82. The van der Waals surface area contributed by atoms with E-state index in [1.165, 1.54) is 5.39 Å². The summed E-state index contributed by atoms with van der Waals surface area (Å²) in [5, 5.41) is 9.45. The molecule has 1 aromatic heterocycles. The van der Waals surface area contributed by atoms with Crippen molar-refractivity contribution >= 4 is 16.9 Å². The Labute approximate surface area is 104 Å². The molecule has 18 heavy (non-hydrogen) atoms. The molecule has 1 fully saturated rings. The summed E-state index contributed by atoms with van der Waals surface area (Å²) in [6.07, 6.45) is 1.74. The smallest absolute Gasteiger partial charge is 0.335 e. The molecule has 5 nitrogen and oxygen atoms in total. The van der Waals surface area contributed by atoms with Crippen LogP contribution in [0.25, 0.3) is 10.9 Å². The third kappa shape index (κ3) is 3.26. The predicted octanol–water partition coefficient (Wildman–Crippen LogP) is 1.60. The van der Waals surface area contributed by atoms with Crippen LogP contribution in [-0.4, -0.2) is 28.7 Å². The van der Waals surface area contributed by atoms with Crippen LogP contribution in [0.5, 0.6) is 0 Å². The van der Waals surface area contributed by atoms with Gasteiger partial charge in [-0.05, 0) is 12.1 Å². The Morgan fingerprint density at radius 1 is 1.33 bits per heavy atom. The van der Waals surface area contributed by atoms with E-state index in [9.17, 15) is 4.79 Å². The van der Waals surface area contributed by atoms with Gasteiger partial charge in [-0.15, -0.1) is 0 Å². The number of fused-ring (bicyclic) bond motifs is 1. The summed E-state index contributed by atoms with van der Waals surface area (Å²) < 4.78 is 0. The highest BCUT2D eigenvalue weighted by molar-refractivity contribution is 5.77. The number of pyridine rings is 1. The van der Waals surface area contributed by atoms with Gasteiger partial charge in [-0.25, -0.2) is 10.3 Å². The topological polar surface area (TPSA) is 71.5 Å². The molecule has 5 heteroatoms. The SMILES string of the molecule is O=C(O)C1CCNO1.c1ccc2ncccc2c1. The molecule has 0 saturated carbocycles. The lowest BCUT2D eigenvalue weighted by molar-refractivity contribution is -0.150. The highest BCUT2D eigenvalue weighted by Crippen LogP contribution is 2.07. The van der Waals surface area contributed by atoms with Gasteiger partial charge in [0.2, 0.25) is 0 Å². The Balaban J connectivity index is 0.000000138. The Morgan fingerprint density at radius 3 is 2.72 bits per heavy atom. The third-order valence-corrected chi connectivity index (χ3v) is 2.52. The fraction of sp³-hybridized carbons (Fsp3) is 0.231. The first-order valence-electron chi connectivity index (χ1n) is 5.68. The van der Waals surface area contributed by atoms with Crippen LogP contribution in [0.1, 0.15) is 6.42 Å². The zero-order chi connectivity index (χ0) is 12.8. The summed E-state index contributed by atoms with van der Waals surface area (Å²) >= 11 is 0. The highest BCUT2D eigenvalue weighted by Gasteiger charge is 2.22. The van der Waals surface area contributed by atoms with Crippen molar-refractivity contribution < 1.29 is 14.7 Å². The molecule has 2 aromatic rings. The molecule has 1 unspecified atom stereocenters. The summed E-state index contributed by atoms with van der Waals surface area (Å²) in [4.78, 5) is 18.8. The normalized spacial score (nSPS) is 18.1. The van der Waals surface area contributed by atoms with E-state index in [-0.39, 0.29) is 0 Å². The molecular weight excluding hydrogens is 232 g/mol. The number of hydrogen-bond acceptors (Lipinski definition) is 4. The van der Waals surface area contributed by atoms with Crippen molar-refractivity contribution in [2.45, 2.75) is 12.5 Å². The maximum Gasteiger partial charge on any atom is 0.335 e. The predicted molar refractivity (Wildman–Crippen MR) is 66.9 cm³/mol. The maximum absolute atomic E-state index is 10.0. The minimum atomic E-state index is -0.894. The van der Waals surface area contributed by atoms with Crippen LogP contribution in [0.15, 0.2) is 42.6 Å². The fourth-order valence-corrected chi connectivity index (χ4v) is 1.60. The molecule has 1 saturated heterocycles. The molecule has 2 N–H and O–H groups in total. The zero-order valence-electron chi connectivity index (χ0n) is 9.74. The van der Waals surface area contributed by atoms with Gasteiger partial charge in [0.15, 0.2) is 6.10 Å². The summed E-state index contributed by atoms with van der Waals surface area (Å²) in [5.41, 5.74) is 3.53. The van der Waals surface area contributed by atoms with Crippen molar-refractivity contribution in [3.63, 3.8) is 0 Å². The Kier molecular flexibility index (Phi) is 4.22. The number of carboxylic acid groups (broad SMARTS) is 1. The number of para-hydroxylation sites is 1. The van der Waals surface area contributed by atoms with Gasteiger partial charge >= 0.3 is 5.97 Å². The van der Waals surface area contributed by atoms with Gasteiger partial charge in [-0.3, -0.25) is 9.82 Å². The van der Waals surface area contributed by atoms with Crippen LogP contribution >= 0.6 is 0 Å². The molecule has 0 radical (unpaired) electrons. The molecule has 0 bridgehead atoms. The Hall–Kier alpha value is -1.98. The van der Waals surface area contributed by atoms with E-state index < -0.39 is 12.1 Å². The van der Waals surface area contributed by atoms with Crippen LogP contribution in [0, 0.1) is 0 Å². The number of nitrogens with zero attached hydrogens (tertiary/aromatic N) is 1. The number of hydrogen-bond donors (Lipinski definition) is 2. The summed E-state index contributed by atoms with van der Waals surface area (Å²) in [7, 11) is 0. The number of nitrogens with one attached hydrogen (secondary N) is 1. The molecule has 0 aliphatic carbocycles. The van der Waals surface area contributed by atoms with Crippen LogP contribution in [0.3, 0.4) is 0 Å². The van der Waals surface area contributed by atoms with E-state index in [1.54, 1.807) is 0 Å². The van der Waals surface area contributed by atoms with E-state index in [4.69, 9.17) is 5.11 Å². The summed E-state index contributed by atoms with van der Waals surface area (Å²) in [6, 6.07) is 12.1. The lowest BCUT2D eigenvalue weighted by atomic mass is 10.2. The maximum atomic E-state index is 10.0. The average Bonchev–Trinajstić information content (AvgIpc) is 2.94. The van der Waals surface area contributed by atoms with Crippen LogP contribution < -0.4 is 5.48 Å². The number of carbonyl (C=O) groups is 1. The molecule has 94 valence electrons. The third-order valence-electron chi connectivity index (χ3n) is 2.52. The summed E-state index contributed by atoms with van der Waals surface area (Å²) in [6.45, 7) is 0.636. The minimum Gasteiger partial charge on any atom is -0.479 e. The molecule has 1 aliphatic heterocycles. The number of hydroxylamine groups is 1. The number of aromatic nitrogens is 1. The van der Waals surface area contributed by atoms with Crippen molar-refractivity contribution in [3.05, 3.63) is 42.6 Å². The lowest BCUT2D eigenvalue weighted by Crippen LogP contribution is -2.19.